The molecule has 7 heteroatoms. The van der Waals surface area contributed by atoms with Crippen LogP contribution < -0.4 is 10.1 Å². The van der Waals surface area contributed by atoms with Crippen LogP contribution in [0.5, 0.6) is 5.75 Å². The molecule has 1 atom stereocenters. The van der Waals surface area contributed by atoms with Crippen LogP contribution in [0.2, 0.25) is 0 Å². The van der Waals surface area contributed by atoms with Crippen molar-refractivity contribution in [3.05, 3.63) is 101 Å². The van der Waals surface area contributed by atoms with E-state index in [9.17, 15) is 14.4 Å². The summed E-state index contributed by atoms with van der Waals surface area (Å²) < 4.78 is 11.7. The molecule has 2 heterocycles. The first-order valence-corrected chi connectivity index (χ1v) is 11.2. The fourth-order valence-electron chi connectivity index (χ4n) is 4.24. The number of benzene rings is 2. The standard InChI is InChI=1S/C27H24N2O5/c30-24-12-10-20-14-29(23-11-13-25(31)28-27(23)32)15-22(20)26(24)34-17-19-8-6-18(7-9-19)16-33-21-4-2-1-3-5-21/h1-10,12,14,23H,11,13,15-17H2,(H,28,31,32). The molecule has 2 aromatic carbocycles. The number of para-hydroxylation sites is 1. The van der Waals surface area contributed by atoms with Crippen molar-refractivity contribution in [1.82, 2.24) is 10.2 Å². The molecule has 3 aliphatic rings. The molecule has 2 aliphatic heterocycles. The second-order valence-corrected chi connectivity index (χ2v) is 8.44. The summed E-state index contributed by atoms with van der Waals surface area (Å²) in [5.41, 5.74) is 3.59. The summed E-state index contributed by atoms with van der Waals surface area (Å²) in [6, 6.07) is 17.1. The number of hydrogen-bond donors (Lipinski definition) is 1. The monoisotopic (exact) mass is 456 g/mol. The first-order valence-electron chi connectivity index (χ1n) is 11.2. The Labute approximate surface area is 197 Å². The van der Waals surface area contributed by atoms with E-state index in [1.54, 1.807) is 6.08 Å². The van der Waals surface area contributed by atoms with Crippen LogP contribution in [0.15, 0.2) is 89.9 Å². The second kappa shape index (κ2) is 9.39. The number of amides is 2. The Hall–Kier alpha value is -4.13. The maximum absolute atomic E-state index is 12.6. The highest BCUT2D eigenvalue weighted by atomic mass is 16.5. The van der Waals surface area contributed by atoms with Gasteiger partial charge in [-0.1, -0.05) is 42.5 Å². The summed E-state index contributed by atoms with van der Waals surface area (Å²) in [6.07, 6.45) is 5.86. The summed E-state index contributed by atoms with van der Waals surface area (Å²) in [7, 11) is 0. The van der Waals surface area contributed by atoms with Gasteiger partial charge in [-0.15, -0.1) is 0 Å². The molecule has 1 aliphatic carbocycles. The number of allylic oxidation sites excluding steroid dienone is 2. The second-order valence-electron chi connectivity index (χ2n) is 8.44. The van der Waals surface area contributed by atoms with Crippen molar-refractivity contribution < 1.29 is 23.9 Å². The predicted octanol–water partition coefficient (Wildman–Crippen LogP) is 3.18. The number of nitrogens with zero attached hydrogens (tertiary/aromatic N) is 1. The SMILES string of the molecule is O=C1CCC(N2C=C3C=CC(=O)C(OCc4ccc(COc5ccccc5)cc4)=C3C2)C(=O)N1. The van der Waals surface area contributed by atoms with E-state index < -0.39 is 6.04 Å². The molecule has 172 valence electrons. The van der Waals surface area contributed by atoms with E-state index in [2.05, 4.69) is 5.32 Å². The van der Waals surface area contributed by atoms with Crippen molar-refractivity contribution in [2.24, 2.45) is 0 Å². The lowest BCUT2D eigenvalue weighted by Crippen LogP contribution is -2.50. The van der Waals surface area contributed by atoms with Crippen molar-refractivity contribution >= 4 is 17.6 Å². The topological polar surface area (TPSA) is 84.9 Å². The number of piperidine rings is 1. The van der Waals surface area contributed by atoms with Gasteiger partial charge in [-0.25, -0.2) is 0 Å². The molecule has 0 spiro atoms. The highest BCUT2D eigenvalue weighted by molar-refractivity contribution is 6.06. The third-order valence-corrected chi connectivity index (χ3v) is 6.07. The molecule has 1 fully saturated rings. The predicted molar refractivity (Wildman–Crippen MR) is 124 cm³/mol. The average Bonchev–Trinajstić information content (AvgIpc) is 3.27. The smallest absolute Gasteiger partial charge is 0.249 e. The molecular weight excluding hydrogens is 432 g/mol. The van der Waals surface area contributed by atoms with Crippen LogP contribution in [0.25, 0.3) is 0 Å². The van der Waals surface area contributed by atoms with Crippen molar-refractivity contribution in [1.29, 1.82) is 0 Å². The van der Waals surface area contributed by atoms with E-state index in [1.807, 2.05) is 65.7 Å². The van der Waals surface area contributed by atoms with Crippen LogP contribution in [0.3, 0.4) is 0 Å². The fraction of sp³-hybridized carbons (Fsp3) is 0.222. The Morgan fingerprint density at radius 1 is 0.882 bits per heavy atom. The number of carbonyl (C=O) groups is 3. The molecule has 7 nitrogen and oxygen atoms in total. The summed E-state index contributed by atoms with van der Waals surface area (Å²) in [5.74, 6) is 0.382. The lowest BCUT2D eigenvalue weighted by Gasteiger charge is -2.29. The summed E-state index contributed by atoms with van der Waals surface area (Å²) in [4.78, 5) is 38.2. The Morgan fingerprint density at radius 2 is 1.59 bits per heavy atom. The third-order valence-electron chi connectivity index (χ3n) is 6.07. The van der Waals surface area contributed by atoms with Gasteiger partial charge >= 0.3 is 0 Å². The van der Waals surface area contributed by atoms with Gasteiger partial charge in [-0.05, 0) is 47.4 Å². The third kappa shape index (κ3) is 4.64. The Balaban J connectivity index is 1.22. The van der Waals surface area contributed by atoms with Gasteiger partial charge < -0.3 is 14.4 Å². The molecule has 2 amide bonds. The van der Waals surface area contributed by atoms with Crippen molar-refractivity contribution in [2.45, 2.75) is 32.1 Å². The van der Waals surface area contributed by atoms with E-state index in [0.717, 1.165) is 28.0 Å². The molecule has 2 aromatic rings. The quantitative estimate of drug-likeness (QED) is 0.645. The van der Waals surface area contributed by atoms with Gasteiger partial charge in [0.2, 0.25) is 17.6 Å². The van der Waals surface area contributed by atoms with E-state index in [4.69, 9.17) is 9.47 Å². The maximum atomic E-state index is 12.6. The Kier molecular flexibility index (Phi) is 5.99. The first-order chi connectivity index (χ1) is 16.6. The zero-order valence-corrected chi connectivity index (χ0v) is 18.5. The van der Waals surface area contributed by atoms with E-state index in [1.165, 1.54) is 6.08 Å². The van der Waals surface area contributed by atoms with Crippen LogP contribution in [-0.4, -0.2) is 35.1 Å². The molecule has 5 rings (SSSR count). The van der Waals surface area contributed by atoms with Gasteiger partial charge in [0.25, 0.3) is 0 Å². The van der Waals surface area contributed by atoms with Crippen LogP contribution in [0.1, 0.15) is 24.0 Å². The zero-order valence-electron chi connectivity index (χ0n) is 18.5. The van der Waals surface area contributed by atoms with Gasteiger partial charge in [-0.2, -0.15) is 0 Å². The molecule has 1 saturated heterocycles. The molecule has 1 unspecified atom stereocenters. The number of ether oxygens (including phenoxy) is 2. The van der Waals surface area contributed by atoms with Crippen molar-refractivity contribution in [2.75, 3.05) is 6.54 Å². The number of hydrogen-bond acceptors (Lipinski definition) is 6. The Bertz CT molecular complexity index is 1210. The van der Waals surface area contributed by atoms with Crippen molar-refractivity contribution in [3.8, 4) is 5.75 Å². The van der Waals surface area contributed by atoms with E-state index >= 15 is 0 Å². The summed E-state index contributed by atoms with van der Waals surface area (Å²) in [5, 5.41) is 2.39. The number of ketones is 1. The van der Waals surface area contributed by atoms with Crippen LogP contribution in [0, 0.1) is 0 Å². The molecule has 34 heavy (non-hydrogen) atoms. The molecule has 1 N–H and O–H groups in total. The number of nitrogens with one attached hydrogen (secondary N) is 1. The number of fused-ring (bicyclic) bond motifs is 1. The highest BCUT2D eigenvalue weighted by Crippen LogP contribution is 2.32. The van der Waals surface area contributed by atoms with E-state index in [-0.39, 0.29) is 24.2 Å². The summed E-state index contributed by atoms with van der Waals surface area (Å²) >= 11 is 0. The minimum absolute atomic E-state index is 0.190. The average molecular weight is 456 g/mol. The normalized spacial score (nSPS) is 19.6. The van der Waals surface area contributed by atoms with Gasteiger partial charge in [0.1, 0.15) is 25.0 Å². The van der Waals surface area contributed by atoms with Gasteiger partial charge in [0, 0.05) is 24.7 Å². The van der Waals surface area contributed by atoms with Crippen LogP contribution in [-0.2, 0) is 32.3 Å². The maximum Gasteiger partial charge on any atom is 0.249 e. The summed E-state index contributed by atoms with van der Waals surface area (Å²) in [6.45, 7) is 1.11. The van der Waals surface area contributed by atoms with Crippen molar-refractivity contribution in [3.63, 3.8) is 0 Å². The molecule has 0 bridgehead atoms. The first kappa shape index (κ1) is 21.7. The zero-order chi connectivity index (χ0) is 23.5. The number of imide groups is 1. The highest BCUT2D eigenvalue weighted by Gasteiger charge is 2.36. The van der Waals surface area contributed by atoms with Crippen LogP contribution >= 0.6 is 0 Å². The molecule has 0 saturated carbocycles. The minimum atomic E-state index is -0.432. The lowest BCUT2D eigenvalue weighted by atomic mass is 10.00. The molecule has 0 aromatic heterocycles. The lowest BCUT2D eigenvalue weighted by molar-refractivity contribution is -0.136. The minimum Gasteiger partial charge on any atom is -0.489 e. The van der Waals surface area contributed by atoms with Gasteiger partial charge in [0.05, 0.1) is 0 Å². The number of rotatable bonds is 7. The Morgan fingerprint density at radius 3 is 2.29 bits per heavy atom. The van der Waals surface area contributed by atoms with Crippen LogP contribution in [0.4, 0.5) is 0 Å². The molecule has 0 radical (unpaired) electrons. The molecular formula is C27H24N2O5. The number of carbonyl (C=O) groups excluding carboxylic acids is 3. The largest absolute Gasteiger partial charge is 0.489 e. The fourth-order valence-corrected chi connectivity index (χ4v) is 4.24. The van der Waals surface area contributed by atoms with E-state index in [0.29, 0.717) is 31.8 Å². The van der Waals surface area contributed by atoms with Gasteiger partial charge in [-0.3, -0.25) is 19.7 Å². The van der Waals surface area contributed by atoms with Gasteiger partial charge in [0.15, 0.2) is 5.76 Å².